The van der Waals surface area contributed by atoms with Crippen molar-refractivity contribution in [1.82, 2.24) is 20.1 Å². The zero-order valence-electron chi connectivity index (χ0n) is 12.1. The first-order valence-electron chi connectivity index (χ1n) is 6.25. The van der Waals surface area contributed by atoms with Gasteiger partial charge in [0.05, 0.1) is 6.54 Å². The van der Waals surface area contributed by atoms with Crippen molar-refractivity contribution in [1.29, 1.82) is 0 Å². The van der Waals surface area contributed by atoms with E-state index in [0.29, 0.717) is 11.6 Å². The number of thiazole rings is 1. The quantitative estimate of drug-likeness (QED) is 0.794. The van der Waals surface area contributed by atoms with Gasteiger partial charge in [-0.1, -0.05) is 0 Å². The maximum absolute atomic E-state index is 12.0. The molecule has 116 valence electrons. The molecule has 0 aliphatic heterocycles. The lowest BCUT2D eigenvalue weighted by Crippen LogP contribution is -2.44. The van der Waals surface area contributed by atoms with Crippen LogP contribution in [0.25, 0.3) is 0 Å². The van der Waals surface area contributed by atoms with E-state index in [1.165, 1.54) is 15.2 Å². The Morgan fingerprint density at radius 3 is 2.52 bits per heavy atom. The van der Waals surface area contributed by atoms with Crippen molar-refractivity contribution in [3.05, 3.63) is 16.1 Å². The van der Waals surface area contributed by atoms with Crippen LogP contribution in [-0.2, 0) is 11.3 Å². The Bertz CT molecular complexity index is 529. The van der Waals surface area contributed by atoms with Gasteiger partial charge in [0.25, 0.3) is 0 Å². The molecule has 0 bridgehead atoms. The lowest BCUT2D eigenvalue weighted by Gasteiger charge is -2.22. The van der Waals surface area contributed by atoms with Gasteiger partial charge >= 0.3 is 12.0 Å². The van der Waals surface area contributed by atoms with Crippen LogP contribution in [0.5, 0.6) is 0 Å². The molecule has 0 spiro atoms. The highest BCUT2D eigenvalue weighted by Gasteiger charge is 2.17. The molecule has 1 rings (SSSR count). The number of likely N-dealkylation sites (N-methyl/N-ethyl adjacent to an activating group) is 2. The van der Waals surface area contributed by atoms with E-state index in [0.717, 1.165) is 11.3 Å². The molecule has 3 amide bonds. The molecule has 1 heterocycles. The van der Waals surface area contributed by atoms with Gasteiger partial charge in [-0.25, -0.2) is 14.6 Å². The van der Waals surface area contributed by atoms with Gasteiger partial charge in [0.2, 0.25) is 5.91 Å². The summed E-state index contributed by atoms with van der Waals surface area (Å²) < 4.78 is 0. The average molecular weight is 314 g/mol. The van der Waals surface area contributed by atoms with Crippen LogP contribution in [0.1, 0.15) is 22.4 Å². The van der Waals surface area contributed by atoms with Crippen LogP contribution in [-0.4, -0.2) is 65.0 Å². The number of amides is 3. The topological polar surface area (TPSA) is 103 Å². The van der Waals surface area contributed by atoms with Gasteiger partial charge in [0.15, 0.2) is 5.69 Å². The molecule has 0 unspecified atom stereocenters. The van der Waals surface area contributed by atoms with Crippen molar-refractivity contribution in [3.8, 4) is 0 Å². The first-order valence-corrected chi connectivity index (χ1v) is 7.13. The summed E-state index contributed by atoms with van der Waals surface area (Å²) in [5, 5.41) is 13.3. The Balaban J connectivity index is 2.54. The molecule has 2 N–H and O–H groups in total. The third-order valence-electron chi connectivity index (χ3n) is 2.66. The molecule has 9 heteroatoms. The fourth-order valence-corrected chi connectivity index (χ4v) is 2.09. The molecule has 0 saturated carbocycles. The third-order valence-corrected chi connectivity index (χ3v) is 3.50. The summed E-state index contributed by atoms with van der Waals surface area (Å²) in [6.45, 7) is 2.29. The Hall–Kier alpha value is -2.16. The fraction of sp³-hybridized carbons (Fsp3) is 0.500. The number of rotatable bonds is 6. The summed E-state index contributed by atoms with van der Waals surface area (Å²) >= 11 is 1.16. The van der Waals surface area contributed by atoms with E-state index < -0.39 is 5.97 Å². The van der Waals surface area contributed by atoms with Gasteiger partial charge in [-0.2, -0.15) is 0 Å². The van der Waals surface area contributed by atoms with Crippen LogP contribution in [0.15, 0.2) is 5.38 Å². The van der Waals surface area contributed by atoms with E-state index in [4.69, 9.17) is 5.11 Å². The minimum Gasteiger partial charge on any atom is -0.476 e. The summed E-state index contributed by atoms with van der Waals surface area (Å²) in [6, 6.07) is -0.389. The Morgan fingerprint density at radius 1 is 1.38 bits per heavy atom. The summed E-state index contributed by atoms with van der Waals surface area (Å²) in [5.74, 6) is -1.27. The number of hydrogen-bond donors (Lipinski definition) is 2. The van der Waals surface area contributed by atoms with Crippen LogP contribution >= 0.6 is 11.3 Å². The first-order chi connectivity index (χ1) is 9.85. The van der Waals surface area contributed by atoms with Gasteiger partial charge in [-0.15, -0.1) is 11.3 Å². The predicted octanol–water partition coefficient (Wildman–Crippen LogP) is 0.461. The number of nitrogens with one attached hydrogen (secondary N) is 1. The smallest absolute Gasteiger partial charge is 0.355 e. The van der Waals surface area contributed by atoms with Crippen LogP contribution < -0.4 is 5.32 Å². The Morgan fingerprint density at radius 2 is 2.05 bits per heavy atom. The second-order valence-corrected chi connectivity index (χ2v) is 5.34. The second-order valence-electron chi connectivity index (χ2n) is 4.39. The molecular formula is C12H18N4O4S. The zero-order valence-corrected chi connectivity index (χ0v) is 12.9. The van der Waals surface area contributed by atoms with Crippen LogP contribution in [0.2, 0.25) is 0 Å². The third kappa shape index (κ3) is 5.03. The first kappa shape index (κ1) is 16.9. The molecule has 1 aromatic heterocycles. The number of urea groups is 1. The number of carboxylic acid groups (broad SMARTS) is 1. The zero-order chi connectivity index (χ0) is 16.0. The SMILES string of the molecule is CCN(CC(=O)N(C)C)C(=O)NCc1nc(C(=O)O)cs1. The van der Waals surface area contributed by atoms with Crippen LogP contribution in [0, 0.1) is 0 Å². The number of carbonyl (C=O) groups excluding carboxylic acids is 2. The molecule has 0 fully saturated rings. The maximum atomic E-state index is 12.0. The fourth-order valence-electron chi connectivity index (χ4n) is 1.39. The summed E-state index contributed by atoms with van der Waals surface area (Å²) in [6.07, 6.45) is 0. The maximum Gasteiger partial charge on any atom is 0.355 e. The van der Waals surface area contributed by atoms with Gasteiger partial charge in [0, 0.05) is 26.0 Å². The minimum absolute atomic E-state index is 0.00637. The molecule has 21 heavy (non-hydrogen) atoms. The highest BCUT2D eigenvalue weighted by Crippen LogP contribution is 2.09. The number of carbonyl (C=O) groups is 3. The van der Waals surface area contributed by atoms with Crippen molar-refractivity contribution >= 4 is 29.2 Å². The van der Waals surface area contributed by atoms with Gasteiger partial charge in [-0.05, 0) is 6.92 Å². The molecule has 0 saturated heterocycles. The van der Waals surface area contributed by atoms with E-state index in [1.807, 2.05) is 0 Å². The van der Waals surface area contributed by atoms with Crippen molar-refractivity contribution < 1.29 is 19.5 Å². The second kappa shape index (κ2) is 7.58. The number of hydrogen-bond acceptors (Lipinski definition) is 5. The molecule has 0 aromatic carbocycles. The standard InChI is InChI=1S/C12H18N4O4S/c1-4-16(6-10(17)15(2)3)12(20)13-5-9-14-8(7-21-9)11(18)19/h7H,4-6H2,1-3H3,(H,13,20)(H,18,19). The van der Waals surface area contributed by atoms with E-state index in [2.05, 4.69) is 10.3 Å². The lowest BCUT2D eigenvalue weighted by atomic mass is 10.4. The largest absolute Gasteiger partial charge is 0.476 e. The summed E-state index contributed by atoms with van der Waals surface area (Å²) in [7, 11) is 3.24. The lowest BCUT2D eigenvalue weighted by molar-refractivity contribution is -0.129. The van der Waals surface area contributed by atoms with Crippen molar-refractivity contribution in [2.75, 3.05) is 27.2 Å². The Labute approximate surface area is 126 Å². The predicted molar refractivity (Wildman–Crippen MR) is 77.3 cm³/mol. The molecule has 1 aromatic rings. The normalized spacial score (nSPS) is 10.0. The average Bonchev–Trinajstić information content (AvgIpc) is 2.90. The number of aromatic nitrogens is 1. The molecule has 0 aliphatic rings. The minimum atomic E-state index is -1.10. The van der Waals surface area contributed by atoms with E-state index in [1.54, 1.807) is 21.0 Å². The number of aromatic carboxylic acids is 1. The van der Waals surface area contributed by atoms with Crippen molar-refractivity contribution in [2.45, 2.75) is 13.5 Å². The monoisotopic (exact) mass is 314 g/mol. The Kier molecular flexibility index (Phi) is 6.10. The molecule has 0 radical (unpaired) electrons. The molecule has 8 nitrogen and oxygen atoms in total. The molecule has 0 aliphatic carbocycles. The van der Waals surface area contributed by atoms with E-state index in [9.17, 15) is 14.4 Å². The van der Waals surface area contributed by atoms with Gasteiger partial charge < -0.3 is 20.2 Å². The van der Waals surface area contributed by atoms with Crippen LogP contribution in [0.3, 0.4) is 0 Å². The van der Waals surface area contributed by atoms with Gasteiger partial charge in [-0.3, -0.25) is 4.79 Å². The van der Waals surface area contributed by atoms with Crippen molar-refractivity contribution in [2.24, 2.45) is 0 Å². The van der Waals surface area contributed by atoms with E-state index in [-0.39, 0.29) is 30.7 Å². The number of carboxylic acids is 1. The molecule has 0 atom stereocenters. The van der Waals surface area contributed by atoms with Crippen molar-refractivity contribution in [3.63, 3.8) is 0 Å². The van der Waals surface area contributed by atoms with Gasteiger partial charge in [0.1, 0.15) is 11.6 Å². The van der Waals surface area contributed by atoms with Crippen LogP contribution in [0.4, 0.5) is 4.79 Å². The van der Waals surface area contributed by atoms with E-state index >= 15 is 0 Å². The highest BCUT2D eigenvalue weighted by molar-refractivity contribution is 7.09. The molecular weight excluding hydrogens is 296 g/mol. The summed E-state index contributed by atoms with van der Waals surface area (Å²) in [5.41, 5.74) is -0.0422. The summed E-state index contributed by atoms with van der Waals surface area (Å²) in [4.78, 5) is 40.9. The highest BCUT2D eigenvalue weighted by atomic mass is 32.1. The number of nitrogens with zero attached hydrogens (tertiary/aromatic N) is 3.